The summed E-state index contributed by atoms with van der Waals surface area (Å²) in [5.41, 5.74) is 2.18. The van der Waals surface area contributed by atoms with Gasteiger partial charge in [0.1, 0.15) is 35.2 Å². The Hall–Kier alpha value is -3.56. The van der Waals surface area contributed by atoms with E-state index < -0.39 is 71.4 Å². The van der Waals surface area contributed by atoms with Gasteiger partial charge < -0.3 is 64.0 Å². The molecule has 4 rings (SSSR count). The molecule has 2 aliphatic rings. The molecule has 0 saturated carbocycles. The van der Waals surface area contributed by atoms with Crippen LogP contribution in [0.2, 0.25) is 0 Å². The number of benzene rings is 2. The molecule has 384 valence electrons. The third kappa shape index (κ3) is 16.2. The fourth-order valence-corrected chi connectivity index (χ4v) is 8.96. The third-order valence-corrected chi connectivity index (χ3v) is 13.2. The molecule has 6 N–H and O–H groups in total. The van der Waals surface area contributed by atoms with Crippen molar-refractivity contribution in [1.82, 2.24) is 21.0 Å². The molecule has 0 radical (unpaired) electrons. The summed E-state index contributed by atoms with van der Waals surface area (Å²) in [5, 5.41) is 41.9. The Labute approximate surface area is 404 Å². The van der Waals surface area contributed by atoms with Crippen molar-refractivity contribution in [2.24, 2.45) is 17.8 Å². The van der Waals surface area contributed by atoms with E-state index >= 15 is 0 Å². The summed E-state index contributed by atoms with van der Waals surface area (Å²) < 4.78 is 42.2. The minimum absolute atomic E-state index is 0.151. The number of Topliss-reactive ketones (excluding diaryl/α,β-unsaturated/α-hetero) is 1. The van der Waals surface area contributed by atoms with Crippen molar-refractivity contribution >= 4 is 11.8 Å². The largest absolute Gasteiger partial charge is 0.459 e. The second-order valence-corrected chi connectivity index (χ2v) is 18.9. The topological polar surface area (TPSA) is 208 Å². The number of rotatable bonds is 23. The van der Waals surface area contributed by atoms with Crippen LogP contribution in [0.3, 0.4) is 0 Å². The molecule has 2 aliphatic heterocycles. The molecule has 0 amide bonds. The van der Waals surface area contributed by atoms with E-state index in [1.165, 1.54) is 21.0 Å². The van der Waals surface area contributed by atoms with Crippen LogP contribution in [0.5, 0.6) is 11.5 Å². The maximum atomic E-state index is 14.2. The van der Waals surface area contributed by atoms with Gasteiger partial charge in [-0.25, -0.2) is 0 Å². The van der Waals surface area contributed by atoms with E-state index in [-0.39, 0.29) is 31.6 Å². The van der Waals surface area contributed by atoms with Crippen LogP contribution in [0.15, 0.2) is 65.9 Å². The summed E-state index contributed by atoms with van der Waals surface area (Å²) in [6.07, 6.45) is -5.18. The van der Waals surface area contributed by atoms with Gasteiger partial charge in [0.2, 0.25) is 0 Å². The van der Waals surface area contributed by atoms with Gasteiger partial charge in [-0.2, -0.15) is 0 Å². The number of nitrogens with one attached hydrogen (secondary N) is 3. The number of hydroxylamine groups is 1. The van der Waals surface area contributed by atoms with Gasteiger partial charge in [0, 0.05) is 63.3 Å². The number of hydrogen-bond donors (Lipinski definition) is 6. The highest BCUT2D eigenvalue weighted by Gasteiger charge is 2.50. The van der Waals surface area contributed by atoms with Crippen molar-refractivity contribution in [2.45, 2.75) is 135 Å². The van der Waals surface area contributed by atoms with Crippen LogP contribution in [0, 0.1) is 17.8 Å². The van der Waals surface area contributed by atoms with Crippen molar-refractivity contribution in [1.29, 1.82) is 0 Å². The van der Waals surface area contributed by atoms with E-state index in [9.17, 15) is 24.9 Å². The van der Waals surface area contributed by atoms with Crippen molar-refractivity contribution < 1.29 is 62.9 Å². The van der Waals surface area contributed by atoms with Crippen molar-refractivity contribution in [3.8, 4) is 11.5 Å². The van der Waals surface area contributed by atoms with E-state index in [0.29, 0.717) is 63.8 Å². The average Bonchev–Trinajstić information content (AvgIpc) is 3.32. The molecule has 1 fully saturated rings. The molecule has 12 atom stereocenters. The zero-order valence-electron chi connectivity index (χ0n) is 42.3. The molecular formula is C51H82N4O13. The van der Waals surface area contributed by atoms with Gasteiger partial charge >= 0.3 is 5.97 Å². The Morgan fingerprint density at radius 1 is 0.838 bits per heavy atom. The lowest BCUT2D eigenvalue weighted by Gasteiger charge is -2.46. The number of para-hydroxylation sites is 1. The Bertz CT molecular complexity index is 1840. The fraction of sp³-hybridized carbons (Fsp3) is 0.686. The van der Waals surface area contributed by atoms with Crippen molar-refractivity contribution in [3.05, 3.63) is 71.4 Å². The molecule has 1 saturated heterocycles. The predicted molar refractivity (Wildman–Crippen MR) is 258 cm³/mol. The highest BCUT2D eigenvalue weighted by atomic mass is 16.7. The van der Waals surface area contributed by atoms with Crippen LogP contribution in [0.25, 0.3) is 0 Å². The summed E-state index contributed by atoms with van der Waals surface area (Å²) in [6, 6.07) is 17.4. The zero-order chi connectivity index (χ0) is 50.0. The highest BCUT2D eigenvalue weighted by Crippen LogP contribution is 2.39. The summed E-state index contributed by atoms with van der Waals surface area (Å²) in [5.74, 6) is -2.70. The monoisotopic (exact) mass is 959 g/mol. The first-order chi connectivity index (χ1) is 32.3. The van der Waals surface area contributed by atoms with Crippen molar-refractivity contribution in [2.75, 3.05) is 73.9 Å². The summed E-state index contributed by atoms with van der Waals surface area (Å²) >= 11 is 0. The average molecular weight is 959 g/mol. The number of carbonyl (C=O) groups is 2. The maximum Gasteiger partial charge on any atom is 0.316 e. The normalized spacial score (nSPS) is 31.1. The predicted octanol–water partition coefficient (Wildman–Crippen LogP) is 4.52. The molecule has 17 heteroatoms. The number of cyclic esters (lactones) is 1. The van der Waals surface area contributed by atoms with Crippen molar-refractivity contribution in [3.63, 3.8) is 0 Å². The lowest BCUT2D eigenvalue weighted by Crippen LogP contribution is -2.59. The number of hydrogen-bond acceptors (Lipinski definition) is 17. The third-order valence-electron chi connectivity index (χ3n) is 13.2. The first-order valence-corrected chi connectivity index (χ1v) is 24.2. The molecule has 0 unspecified atom stereocenters. The lowest BCUT2D eigenvalue weighted by molar-refractivity contribution is -0.294. The van der Waals surface area contributed by atoms with E-state index in [2.05, 4.69) is 16.1 Å². The minimum Gasteiger partial charge on any atom is -0.459 e. The number of aliphatic hydroxyl groups excluding tert-OH is 2. The van der Waals surface area contributed by atoms with Crippen LogP contribution in [-0.2, 0) is 49.4 Å². The fourth-order valence-electron chi connectivity index (χ4n) is 8.96. The standard InChI is InChI=1S/C51H82N4O13/c1-12-42-51(8,60)46(58)35(4)43(54-64-27-24-52-22-25-62-28-29-63-26-23-53-32-38-18-20-40(21-19-38)66-39-16-14-13-15-17-39)33(2)31-50(7,61-11)47(36(5)44(56)37(6)48(59)67-42)68-49-45(57)41(55(9)10)30-34(3)65-49/h13-21,34-37,41-42,45-47,49,52-54,57-58,60H,12,22-32H2,1-11H3/t34-,35+,36+,37-,41+,42-,45-,46-,47-,49+,50+,51-/m1/s1. The van der Waals surface area contributed by atoms with Crippen LogP contribution < -0.4 is 20.9 Å². The molecule has 0 aromatic heterocycles. The number of ether oxygens (including phenoxy) is 7. The van der Waals surface area contributed by atoms with E-state index in [1.807, 2.05) is 87.4 Å². The van der Waals surface area contributed by atoms with Gasteiger partial charge in [-0.3, -0.25) is 19.9 Å². The Balaban J connectivity index is 1.31. The highest BCUT2D eigenvalue weighted by molar-refractivity contribution is 6.00. The van der Waals surface area contributed by atoms with Gasteiger partial charge in [-0.1, -0.05) is 51.1 Å². The van der Waals surface area contributed by atoms with Gasteiger partial charge in [0.25, 0.3) is 0 Å². The molecular weight excluding hydrogens is 877 g/mol. The second kappa shape index (κ2) is 27.7. The Kier molecular flexibility index (Phi) is 23.3. The van der Waals surface area contributed by atoms with Crippen LogP contribution in [0.1, 0.15) is 80.2 Å². The quantitative estimate of drug-likeness (QED) is 0.0392. The lowest BCUT2D eigenvalue weighted by atomic mass is 9.77. The van der Waals surface area contributed by atoms with Gasteiger partial charge in [0.05, 0.1) is 56.9 Å². The van der Waals surface area contributed by atoms with Gasteiger partial charge in [0.15, 0.2) is 12.1 Å². The molecule has 2 heterocycles. The van der Waals surface area contributed by atoms with E-state index in [4.69, 9.17) is 38.0 Å². The maximum absolute atomic E-state index is 14.2. The number of methoxy groups -OCH3 is 1. The molecule has 0 spiro atoms. The Morgan fingerprint density at radius 2 is 1.46 bits per heavy atom. The van der Waals surface area contributed by atoms with E-state index in [0.717, 1.165) is 23.6 Å². The molecule has 68 heavy (non-hydrogen) atoms. The number of carbonyl (C=O) groups excluding carboxylic acids is 2. The summed E-state index contributed by atoms with van der Waals surface area (Å²) in [7, 11) is 5.26. The SMILES string of the molecule is CC[C@H]1OC(=O)[C@H](C)C(=O)[C@H](C)[C@@H](O[C@@H]2O[C@H](C)C[C@H](N(C)C)[C@H]2O)[C@@](C)(OC)CC(C)=C(NOCCNCCOCCOCCNCc2ccc(Oc3ccccc3)cc2)[C@H](C)[C@@H](O)[C@]1(C)O. The number of ketones is 1. The number of likely N-dealkylation sites (N-methyl/N-ethyl adjacent to an activating group) is 1. The smallest absolute Gasteiger partial charge is 0.316 e. The van der Waals surface area contributed by atoms with Crippen LogP contribution in [-0.4, -0.2) is 160 Å². The number of nitrogens with zero attached hydrogens (tertiary/aromatic N) is 1. The van der Waals surface area contributed by atoms with E-state index in [1.54, 1.807) is 27.7 Å². The molecule has 0 bridgehead atoms. The van der Waals surface area contributed by atoms with Gasteiger partial charge in [-0.15, -0.1) is 0 Å². The molecule has 2 aromatic carbocycles. The summed E-state index contributed by atoms with van der Waals surface area (Å²) in [6.45, 7) is 18.2. The Morgan fingerprint density at radius 3 is 2.07 bits per heavy atom. The molecule has 2 aromatic rings. The zero-order valence-corrected chi connectivity index (χ0v) is 42.3. The summed E-state index contributed by atoms with van der Waals surface area (Å²) in [4.78, 5) is 35.8. The number of aliphatic hydroxyl groups is 3. The first-order valence-electron chi connectivity index (χ1n) is 24.2. The van der Waals surface area contributed by atoms with Crippen LogP contribution in [0.4, 0.5) is 0 Å². The van der Waals surface area contributed by atoms with Gasteiger partial charge in [-0.05, 0) is 97.0 Å². The number of esters is 1. The molecule has 0 aliphatic carbocycles. The first kappa shape index (κ1) is 57.0. The minimum atomic E-state index is -1.92. The van der Waals surface area contributed by atoms with Crippen LogP contribution >= 0.6 is 0 Å². The second-order valence-electron chi connectivity index (χ2n) is 18.9. The molecule has 17 nitrogen and oxygen atoms in total.